The van der Waals surface area contributed by atoms with E-state index in [-0.39, 0.29) is 5.91 Å². The van der Waals surface area contributed by atoms with Crippen LogP contribution in [-0.2, 0) is 4.79 Å². The molecule has 1 aliphatic heterocycles. The highest BCUT2D eigenvalue weighted by molar-refractivity contribution is 9.10. The molecule has 164 valence electrons. The highest BCUT2D eigenvalue weighted by Crippen LogP contribution is 2.45. The van der Waals surface area contributed by atoms with Gasteiger partial charge in [0.2, 0.25) is 23.2 Å². The number of anilines is 1. The predicted octanol–water partition coefficient (Wildman–Crippen LogP) is 5.42. The van der Waals surface area contributed by atoms with Crippen molar-refractivity contribution in [2.45, 2.75) is 25.2 Å². The molecule has 7 nitrogen and oxygen atoms in total. The number of para-hydroxylation sites is 1. The molecule has 32 heavy (non-hydrogen) atoms. The van der Waals surface area contributed by atoms with Gasteiger partial charge in [-0.2, -0.15) is 4.98 Å². The molecular formula is C23H21BrN4O3S. The number of benzene rings is 2. The minimum absolute atomic E-state index is 0.182. The van der Waals surface area contributed by atoms with E-state index in [1.165, 1.54) is 18.7 Å². The second kappa shape index (κ2) is 9.70. The Kier molecular flexibility index (Phi) is 6.76. The SMILES string of the molecule is C=CCSc1nnc2c(n1)O[C@@H](c1cc(OCC)ccc1Br)N(C(C)=O)c1ccccc1-2. The van der Waals surface area contributed by atoms with Crippen molar-refractivity contribution in [3.8, 4) is 22.9 Å². The third kappa shape index (κ3) is 4.35. The van der Waals surface area contributed by atoms with Crippen LogP contribution in [-0.4, -0.2) is 33.4 Å². The minimum atomic E-state index is -0.793. The highest BCUT2D eigenvalue weighted by Gasteiger charge is 2.35. The van der Waals surface area contributed by atoms with Crippen molar-refractivity contribution in [1.29, 1.82) is 0 Å². The maximum atomic E-state index is 12.9. The molecule has 2 heterocycles. The molecule has 0 unspecified atom stereocenters. The quantitative estimate of drug-likeness (QED) is 0.322. The van der Waals surface area contributed by atoms with Crippen molar-refractivity contribution in [3.63, 3.8) is 0 Å². The van der Waals surface area contributed by atoms with Gasteiger partial charge in [0, 0.05) is 28.3 Å². The zero-order valence-corrected chi connectivity index (χ0v) is 20.0. The minimum Gasteiger partial charge on any atom is -0.494 e. The van der Waals surface area contributed by atoms with E-state index >= 15 is 0 Å². The Morgan fingerprint density at radius 1 is 1.31 bits per heavy atom. The summed E-state index contributed by atoms with van der Waals surface area (Å²) in [7, 11) is 0. The summed E-state index contributed by atoms with van der Waals surface area (Å²) < 4.78 is 12.9. The van der Waals surface area contributed by atoms with Crippen LogP contribution in [0.25, 0.3) is 11.3 Å². The molecule has 1 atom stereocenters. The maximum Gasteiger partial charge on any atom is 0.247 e. The van der Waals surface area contributed by atoms with Crippen molar-refractivity contribution < 1.29 is 14.3 Å². The lowest BCUT2D eigenvalue weighted by Crippen LogP contribution is -2.36. The number of carbonyl (C=O) groups excluding carboxylic acids is 1. The lowest BCUT2D eigenvalue weighted by Gasteiger charge is -2.30. The van der Waals surface area contributed by atoms with Crippen LogP contribution < -0.4 is 14.4 Å². The first-order valence-corrected chi connectivity index (χ1v) is 11.8. The van der Waals surface area contributed by atoms with E-state index in [4.69, 9.17) is 9.47 Å². The molecule has 3 aromatic rings. The summed E-state index contributed by atoms with van der Waals surface area (Å²) in [6.07, 6.45) is 0.977. The summed E-state index contributed by atoms with van der Waals surface area (Å²) in [5, 5.41) is 9.10. The van der Waals surface area contributed by atoms with E-state index in [1.54, 1.807) is 11.0 Å². The summed E-state index contributed by atoms with van der Waals surface area (Å²) >= 11 is 5.02. The lowest BCUT2D eigenvalue weighted by molar-refractivity contribution is -0.118. The zero-order chi connectivity index (χ0) is 22.7. The normalized spacial score (nSPS) is 14.6. The fraction of sp³-hybridized carbons (Fsp3) is 0.217. The third-order valence-corrected chi connectivity index (χ3v) is 6.28. The Hall–Kier alpha value is -2.91. The summed E-state index contributed by atoms with van der Waals surface area (Å²) in [4.78, 5) is 19.1. The smallest absolute Gasteiger partial charge is 0.247 e. The van der Waals surface area contributed by atoms with Gasteiger partial charge in [-0.3, -0.25) is 9.69 Å². The molecule has 0 fully saturated rings. The summed E-state index contributed by atoms with van der Waals surface area (Å²) in [5.74, 6) is 1.44. The van der Waals surface area contributed by atoms with Crippen LogP contribution in [0.5, 0.6) is 11.6 Å². The molecule has 0 spiro atoms. The number of ether oxygens (including phenoxy) is 2. The fourth-order valence-electron chi connectivity index (χ4n) is 3.42. The second-order valence-corrected chi connectivity index (χ2v) is 8.68. The third-order valence-electron chi connectivity index (χ3n) is 4.73. The number of halogens is 1. The van der Waals surface area contributed by atoms with Gasteiger partial charge in [-0.25, -0.2) is 0 Å². The Bertz CT molecular complexity index is 1170. The Labute approximate surface area is 199 Å². The highest BCUT2D eigenvalue weighted by atomic mass is 79.9. The number of thioether (sulfide) groups is 1. The Balaban J connectivity index is 1.92. The Morgan fingerprint density at radius 3 is 2.88 bits per heavy atom. The topological polar surface area (TPSA) is 77.4 Å². The van der Waals surface area contributed by atoms with Crippen LogP contribution in [0.1, 0.15) is 25.6 Å². The van der Waals surface area contributed by atoms with E-state index in [1.807, 2.05) is 49.4 Å². The molecule has 1 aliphatic rings. The van der Waals surface area contributed by atoms with Crippen LogP contribution in [0.4, 0.5) is 5.69 Å². The predicted molar refractivity (Wildman–Crippen MR) is 128 cm³/mol. The van der Waals surface area contributed by atoms with E-state index in [9.17, 15) is 4.79 Å². The van der Waals surface area contributed by atoms with Gasteiger partial charge in [0.1, 0.15) is 5.75 Å². The van der Waals surface area contributed by atoms with Gasteiger partial charge < -0.3 is 9.47 Å². The summed E-state index contributed by atoms with van der Waals surface area (Å²) in [6, 6.07) is 13.1. The van der Waals surface area contributed by atoms with E-state index < -0.39 is 6.23 Å². The molecule has 0 bridgehead atoms. The van der Waals surface area contributed by atoms with Gasteiger partial charge in [-0.05, 0) is 31.2 Å². The average Bonchev–Trinajstić information content (AvgIpc) is 2.93. The molecule has 9 heteroatoms. The number of nitrogens with zero attached hydrogens (tertiary/aromatic N) is 4. The zero-order valence-electron chi connectivity index (χ0n) is 17.6. The van der Waals surface area contributed by atoms with Gasteiger partial charge >= 0.3 is 0 Å². The number of amides is 1. The van der Waals surface area contributed by atoms with Crippen molar-refractivity contribution in [3.05, 3.63) is 65.2 Å². The number of hydrogen-bond acceptors (Lipinski definition) is 7. The molecule has 0 saturated carbocycles. The van der Waals surface area contributed by atoms with Crippen LogP contribution in [0.3, 0.4) is 0 Å². The molecule has 0 saturated heterocycles. The molecule has 4 rings (SSSR count). The average molecular weight is 513 g/mol. The lowest BCUT2D eigenvalue weighted by atomic mass is 10.1. The van der Waals surface area contributed by atoms with Gasteiger partial charge in [0.25, 0.3) is 0 Å². The fourth-order valence-corrected chi connectivity index (χ4v) is 4.37. The van der Waals surface area contributed by atoms with Gasteiger partial charge in [0.05, 0.1) is 12.3 Å². The first kappa shape index (κ1) is 22.3. The van der Waals surface area contributed by atoms with Crippen molar-refractivity contribution >= 4 is 39.3 Å². The molecule has 0 aliphatic carbocycles. The van der Waals surface area contributed by atoms with E-state index in [0.717, 1.165) is 15.6 Å². The first-order chi connectivity index (χ1) is 15.5. The first-order valence-electron chi connectivity index (χ1n) is 10.00. The van der Waals surface area contributed by atoms with Crippen LogP contribution in [0, 0.1) is 0 Å². The Morgan fingerprint density at radius 2 is 2.12 bits per heavy atom. The van der Waals surface area contributed by atoms with E-state index in [0.29, 0.717) is 40.5 Å². The van der Waals surface area contributed by atoms with Gasteiger partial charge in [-0.1, -0.05) is 52.0 Å². The van der Waals surface area contributed by atoms with Crippen LogP contribution in [0.2, 0.25) is 0 Å². The monoisotopic (exact) mass is 512 g/mol. The van der Waals surface area contributed by atoms with Crippen molar-refractivity contribution in [2.75, 3.05) is 17.3 Å². The summed E-state index contributed by atoms with van der Waals surface area (Å²) in [6.45, 7) is 7.68. The standard InChI is InChI=1S/C23H21BrN4O3S/c1-4-12-32-23-25-21-20(26-27-23)16-8-6-7-9-19(16)28(14(3)29)22(31-21)17-13-15(30-5-2)10-11-18(17)24/h4,6-11,13,22H,1,5,12H2,2-3H3/t22-/m0/s1. The number of rotatable bonds is 6. The number of fused-ring (bicyclic) bond motifs is 3. The van der Waals surface area contributed by atoms with Crippen LogP contribution in [0.15, 0.2) is 64.7 Å². The van der Waals surface area contributed by atoms with Gasteiger partial charge in [0.15, 0.2) is 5.69 Å². The molecule has 1 aromatic heterocycles. The molecule has 0 radical (unpaired) electrons. The number of carbonyl (C=O) groups is 1. The number of hydrogen-bond donors (Lipinski definition) is 0. The molecular weight excluding hydrogens is 492 g/mol. The number of aromatic nitrogens is 3. The van der Waals surface area contributed by atoms with Crippen molar-refractivity contribution in [2.24, 2.45) is 0 Å². The molecule has 0 N–H and O–H groups in total. The second-order valence-electron chi connectivity index (χ2n) is 6.84. The molecule has 2 aromatic carbocycles. The van der Waals surface area contributed by atoms with Crippen LogP contribution >= 0.6 is 27.7 Å². The van der Waals surface area contributed by atoms with E-state index in [2.05, 4.69) is 37.7 Å². The van der Waals surface area contributed by atoms with Crippen molar-refractivity contribution in [1.82, 2.24) is 15.2 Å². The van der Waals surface area contributed by atoms with Gasteiger partial charge in [-0.15, -0.1) is 16.8 Å². The molecule has 1 amide bonds. The summed E-state index contributed by atoms with van der Waals surface area (Å²) in [5.41, 5.74) is 2.60. The largest absolute Gasteiger partial charge is 0.494 e. The maximum absolute atomic E-state index is 12.9.